The zero-order chi connectivity index (χ0) is 27.0. The first-order chi connectivity index (χ1) is 18.1. The molecular weight excluding hydrogens is 575 g/mol. The zero-order valence-electron chi connectivity index (χ0n) is 20.4. The lowest BCUT2D eigenvalue weighted by Gasteiger charge is -2.21. The van der Waals surface area contributed by atoms with E-state index in [0.29, 0.717) is 30.1 Å². The molecule has 4 aromatic rings. The number of rotatable bonds is 7. The maximum atomic E-state index is 13.3. The van der Waals surface area contributed by atoms with Gasteiger partial charge in [0.25, 0.3) is 0 Å². The average Bonchev–Trinajstić information content (AvgIpc) is 3.45. The lowest BCUT2D eigenvalue weighted by Crippen LogP contribution is -2.25. The standard InChI is InChI=1S/C28H24BrFN2O5S/c1-18-3-9-26(25-15-21(29)6-10-27(25)37-17-19-4-7-22(30)8-5-19)32(18)24-14-20(28(33)34)13-23(16-24)31-11-2-12-38(31,35)36/h3-10,13-16H,2,11-12,17H2,1H3,(H,33,34). The van der Waals surface area contributed by atoms with Gasteiger partial charge in [-0.25, -0.2) is 17.6 Å². The molecule has 0 saturated carbocycles. The topological polar surface area (TPSA) is 88.8 Å². The Bertz CT molecular complexity index is 1630. The van der Waals surface area contributed by atoms with E-state index in [-0.39, 0.29) is 23.7 Å². The monoisotopic (exact) mass is 598 g/mol. The molecule has 1 aliphatic rings. The summed E-state index contributed by atoms with van der Waals surface area (Å²) in [5.41, 5.74) is 3.92. The number of hydrogen-bond donors (Lipinski definition) is 1. The molecule has 0 radical (unpaired) electrons. The number of anilines is 1. The van der Waals surface area contributed by atoms with E-state index < -0.39 is 16.0 Å². The number of nitrogens with zero attached hydrogens (tertiary/aromatic N) is 2. The maximum Gasteiger partial charge on any atom is 0.335 e. The number of halogens is 2. The van der Waals surface area contributed by atoms with Crippen molar-refractivity contribution in [2.24, 2.45) is 0 Å². The van der Waals surface area contributed by atoms with Gasteiger partial charge in [-0.05, 0) is 79.6 Å². The Kier molecular flexibility index (Phi) is 7.02. The number of carbonyl (C=O) groups is 1. The number of sulfonamides is 1. The van der Waals surface area contributed by atoms with Crippen molar-refractivity contribution in [1.82, 2.24) is 4.57 Å². The molecule has 5 rings (SSSR count). The molecule has 196 valence electrons. The molecule has 7 nitrogen and oxygen atoms in total. The average molecular weight is 599 g/mol. The van der Waals surface area contributed by atoms with E-state index >= 15 is 0 Å². The van der Waals surface area contributed by atoms with E-state index in [9.17, 15) is 22.7 Å². The summed E-state index contributed by atoms with van der Waals surface area (Å²) in [4.78, 5) is 12.0. The first-order valence-electron chi connectivity index (χ1n) is 11.9. The van der Waals surface area contributed by atoms with Crippen LogP contribution in [0.2, 0.25) is 0 Å². The Labute approximate surface area is 228 Å². The Morgan fingerprint density at radius 2 is 1.76 bits per heavy atom. The van der Waals surface area contributed by atoms with Crippen LogP contribution in [-0.2, 0) is 16.6 Å². The van der Waals surface area contributed by atoms with Crippen LogP contribution in [-0.4, -0.2) is 36.4 Å². The molecule has 0 aliphatic carbocycles. The van der Waals surface area contributed by atoms with Crippen molar-refractivity contribution in [2.45, 2.75) is 20.0 Å². The van der Waals surface area contributed by atoms with Crippen LogP contribution in [0.1, 0.15) is 28.0 Å². The van der Waals surface area contributed by atoms with E-state index in [1.807, 2.05) is 41.8 Å². The quantitative estimate of drug-likeness (QED) is 0.275. The second kappa shape index (κ2) is 10.3. The summed E-state index contributed by atoms with van der Waals surface area (Å²) in [6.07, 6.45) is 0.482. The van der Waals surface area contributed by atoms with Crippen molar-refractivity contribution in [3.63, 3.8) is 0 Å². The van der Waals surface area contributed by atoms with Crippen LogP contribution in [0.25, 0.3) is 16.9 Å². The lowest BCUT2D eigenvalue weighted by molar-refractivity contribution is 0.0697. The number of aromatic carboxylic acids is 1. The van der Waals surface area contributed by atoms with Gasteiger partial charge in [0.1, 0.15) is 18.2 Å². The zero-order valence-corrected chi connectivity index (χ0v) is 22.8. The summed E-state index contributed by atoms with van der Waals surface area (Å²) < 4.78 is 48.6. The van der Waals surface area contributed by atoms with Crippen LogP contribution in [0.15, 0.2) is 77.3 Å². The van der Waals surface area contributed by atoms with Crippen molar-refractivity contribution < 1.29 is 27.4 Å². The molecule has 0 spiro atoms. The summed E-state index contributed by atoms with van der Waals surface area (Å²) in [6.45, 7) is 2.41. The molecule has 1 aromatic heterocycles. The van der Waals surface area contributed by atoms with Gasteiger partial charge in [0, 0.05) is 28.0 Å². The first kappa shape index (κ1) is 26.0. The highest BCUT2D eigenvalue weighted by Crippen LogP contribution is 2.37. The highest BCUT2D eigenvalue weighted by molar-refractivity contribution is 9.10. The van der Waals surface area contributed by atoms with Crippen LogP contribution in [0, 0.1) is 12.7 Å². The Balaban J connectivity index is 1.60. The summed E-state index contributed by atoms with van der Waals surface area (Å²) in [6, 6.07) is 20.1. The predicted molar refractivity (Wildman–Crippen MR) is 147 cm³/mol. The summed E-state index contributed by atoms with van der Waals surface area (Å²) in [5.74, 6) is -0.869. The minimum atomic E-state index is -3.51. The number of aryl methyl sites for hydroxylation is 1. The smallest absolute Gasteiger partial charge is 0.335 e. The van der Waals surface area contributed by atoms with Gasteiger partial charge in [-0.3, -0.25) is 4.31 Å². The highest BCUT2D eigenvalue weighted by Gasteiger charge is 2.29. The van der Waals surface area contributed by atoms with Gasteiger partial charge in [0.05, 0.1) is 22.7 Å². The molecule has 0 bridgehead atoms. The van der Waals surface area contributed by atoms with E-state index in [1.165, 1.54) is 28.6 Å². The Morgan fingerprint density at radius 1 is 1.03 bits per heavy atom. The van der Waals surface area contributed by atoms with Crippen LogP contribution in [0.5, 0.6) is 5.75 Å². The number of aromatic nitrogens is 1. The molecule has 2 heterocycles. The van der Waals surface area contributed by atoms with Crippen LogP contribution < -0.4 is 9.04 Å². The third kappa shape index (κ3) is 5.19. The van der Waals surface area contributed by atoms with Gasteiger partial charge in [0.2, 0.25) is 10.0 Å². The van der Waals surface area contributed by atoms with Gasteiger partial charge in [-0.2, -0.15) is 0 Å². The van der Waals surface area contributed by atoms with Gasteiger partial charge >= 0.3 is 5.97 Å². The number of hydrogen-bond acceptors (Lipinski definition) is 4. The van der Waals surface area contributed by atoms with Crippen molar-refractivity contribution >= 4 is 37.6 Å². The lowest BCUT2D eigenvalue weighted by atomic mass is 10.1. The molecular formula is C28H24BrFN2O5S. The number of carboxylic acid groups (broad SMARTS) is 1. The fourth-order valence-corrected chi connectivity index (χ4v) is 6.49. The third-order valence-electron chi connectivity index (χ3n) is 6.40. The van der Waals surface area contributed by atoms with Crippen molar-refractivity contribution in [3.05, 3.63) is 99.9 Å². The SMILES string of the molecule is Cc1ccc(-c2cc(Br)ccc2OCc2ccc(F)cc2)n1-c1cc(C(=O)O)cc(N2CCCS2(=O)=O)c1. The summed E-state index contributed by atoms with van der Waals surface area (Å²) >= 11 is 3.53. The van der Waals surface area contributed by atoms with Gasteiger partial charge < -0.3 is 14.4 Å². The second-order valence-corrected chi connectivity index (χ2v) is 12.0. The fraction of sp³-hybridized carbons (Fsp3) is 0.179. The molecule has 10 heteroatoms. The minimum absolute atomic E-state index is 0.0133. The van der Waals surface area contributed by atoms with Crippen LogP contribution in [0.3, 0.4) is 0 Å². The molecule has 1 fully saturated rings. The number of benzene rings is 3. The van der Waals surface area contributed by atoms with Crippen molar-refractivity contribution in [3.8, 4) is 22.7 Å². The van der Waals surface area contributed by atoms with Gasteiger partial charge in [-0.15, -0.1) is 0 Å². The van der Waals surface area contributed by atoms with E-state index in [4.69, 9.17) is 4.74 Å². The number of carboxylic acids is 1. The number of ether oxygens (including phenoxy) is 1. The van der Waals surface area contributed by atoms with E-state index in [2.05, 4.69) is 15.9 Å². The Hall–Kier alpha value is -3.63. The predicted octanol–water partition coefficient (Wildman–Crippen LogP) is 6.17. The van der Waals surface area contributed by atoms with E-state index in [0.717, 1.165) is 27.0 Å². The van der Waals surface area contributed by atoms with Crippen molar-refractivity contribution in [2.75, 3.05) is 16.6 Å². The van der Waals surface area contributed by atoms with Gasteiger partial charge in [-0.1, -0.05) is 28.1 Å². The van der Waals surface area contributed by atoms with Crippen LogP contribution in [0.4, 0.5) is 10.1 Å². The minimum Gasteiger partial charge on any atom is -0.488 e. The molecule has 1 aliphatic heterocycles. The largest absolute Gasteiger partial charge is 0.488 e. The van der Waals surface area contributed by atoms with Gasteiger partial charge in [0.15, 0.2) is 0 Å². The summed E-state index contributed by atoms with van der Waals surface area (Å²) in [5, 5.41) is 9.81. The molecule has 38 heavy (non-hydrogen) atoms. The first-order valence-corrected chi connectivity index (χ1v) is 14.3. The maximum absolute atomic E-state index is 13.3. The molecule has 0 atom stereocenters. The normalized spacial score (nSPS) is 14.6. The fourth-order valence-electron chi connectivity index (χ4n) is 4.58. The molecule has 0 amide bonds. The molecule has 3 aromatic carbocycles. The van der Waals surface area contributed by atoms with E-state index in [1.54, 1.807) is 18.2 Å². The Morgan fingerprint density at radius 3 is 2.45 bits per heavy atom. The van der Waals surface area contributed by atoms with Crippen molar-refractivity contribution in [1.29, 1.82) is 0 Å². The highest BCUT2D eigenvalue weighted by atomic mass is 79.9. The van der Waals surface area contributed by atoms with Crippen LogP contribution >= 0.6 is 15.9 Å². The molecule has 0 unspecified atom stereocenters. The molecule has 1 saturated heterocycles. The summed E-state index contributed by atoms with van der Waals surface area (Å²) in [7, 11) is -3.51. The third-order valence-corrected chi connectivity index (χ3v) is 8.76. The second-order valence-electron chi connectivity index (χ2n) is 9.04. The molecule has 1 N–H and O–H groups in total.